The lowest BCUT2D eigenvalue weighted by Crippen LogP contribution is -2.58. The van der Waals surface area contributed by atoms with Gasteiger partial charge in [0.15, 0.2) is 0 Å². The summed E-state index contributed by atoms with van der Waals surface area (Å²) < 4.78 is 0. The van der Waals surface area contributed by atoms with E-state index in [2.05, 4.69) is 5.32 Å². The van der Waals surface area contributed by atoms with E-state index in [0.717, 1.165) is 0 Å². The molecule has 0 aromatic heterocycles. The third kappa shape index (κ3) is 1.93. The van der Waals surface area contributed by atoms with Crippen LogP contribution >= 0.6 is 11.6 Å². The molecule has 100 valence electrons. The molecule has 1 aliphatic heterocycles. The summed E-state index contributed by atoms with van der Waals surface area (Å²) in [6.07, 6.45) is 0. The maximum absolute atomic E-state index is 11.9. The van der Waals surface area contributed by atoms with E-state index in [-0.39, 0.29) is 0 Å². The summed E-state index contributed by atoms with van der Waals surface area (Å²) in [5.74, 6) is -3.60. The molecule has 6 heteroatoms. The van der Waals surface area contributed by atoms with Crippen LogP contribution in [0.1, 0.15) is 12.5 Å². The van der Waals surface area contributed by atoms with Gasteiger partial charge in [-0.05, 0) is 17.7 Å². The van der Waals surface area contributed by atoms with Crippen molar-refractivity contribution in [2.75, 3.05) is 0 Å². The Morgan fingerprint density at radius 1 is 1.10 bits per heavy atom. The monoisotopic (exact) mass is 287 g/mol. The van der Waals surface area contributed by atoms with Gasteiger partial charge in [-0.1, -0.05) is 30.7 Å². The average molecular weight is 288 g/mol. The first kappa shape index (κ1) is 14.0. The number of carbonyl (C=O) groups is 2. The summed E-state index contributed by atoms with van der Waals surface area (Å²) in [6.45, 7) is 1.58. The molecule has 0 saturated carbocycles. The summed E-state index contributed by atoms with van der Waals surface area (Å²) in [7, 11) is 0. The predicted molar refractivity (Wildman–Crippen MR) is 70.2 cm³/mol. The van der Waals surface area contributed by atoms with E-state index in [4.69, 9.17) is 11.6 Å². The molecular formula is C14H10ClN3O2. The van der Waals surface area contributed by atoms with Crippen molar-refractivity contribution in [2.24, 2.45) is 11.8 Å². The molecule has 1 heterocycles. The van der Waals surface area contributed by atoms with Crippen molar-refractivity contribution >= 4 is 23.4 Å². The highest BCUT2D eigenvalue weighted by atomic mass is 35.5. The number of halogens is 1. The molecule has 1 saturated heterocycles. The average Bonchev–Trinajstić information content (AvgIpc) is 2.39. The number of amides is 2. The molecule has 2 atom stereocenters. The number of benzene rings is 1. The van der Waals surface area contributed by atoms with Crippen LogP contribution < -0.4 is 5.32 Å². The van der Waals surface area contributed by atoms with Gasteiger partial charge < -0.3 is 0 Å². The molecule has 2 amide bonds. The number of hydrogen-bond acceptors (Lipinski definition) is 4. The number of rotatable bonds is 1. The van der Waals surface area contributed by atoms with Crippen molar-refractivity contribution in [3.8, 4) is 12.1 Å². The van der Waals surface area contributed by atoms with Crippen molar-refractivity contribution < 1.29 is 9.59 Å². The second kappa shape index (κ2) is 4.96. The highest BCUT2D eigenvalue weighted by Gasteiger charge is 2.54. The maximum atomic E-state index is 11.9. The third-order valence-electron chi connectivity index (χ3n) is 3.69. The Morgan fingerprint density at radius 3 is 1.95 bits per heavy atom. The molecule has 1 fully saturated rings. The van der Waals surface area contributed by atoms with Crippen LogP contribution in [0.2, 0.25) is 5.02 Å². The van der Waals surface area contributed by atoms with Gasteiger partial charge in [-0.15, -0.1) is 0 Å². The van der Waals surface area contributed by atoms with Crippen LogP contribution in [0.25, 0.3) is 0 Å². The Hall–Kier alpha value is -2.37. The lowest BCUT2D eigenvalue weighted by atomic mass is 9.62. The third-order valence-corrected chi connectivity index (χ3v) is 3.95. The number of piperidine rings is 1. The van der Waals surface area contributed by atoms with Crippen LogP contribution in [0, 0.1) is 34.5 Å². The Kier molecular flexibility index (Phi) is 3.48. The fourth-order valence-electron chi connectivity index (χ4n) is 2.50. The Balaban J connectivity index is 2.65. The van der Waals surface area contributed by atoms with Crippen LogP contribution in [0.15, 0.2) is 24.3 Å². The molecule has 0 bridgehead atoms. The summed E-state index contributed by atoms with van der Waals surface area (Å²) in [5.41, 5.74) is -0.642. The standard InChI is InChI=1S/C14H10ClN3O2/c1-14(8-2-4-9(15)5-3-8)10(6-16)12(19)18-13(20)11(14)7-17/h2-5,10-11H,1H3,(H,18,19,20). The number of hydrogen-bond donors (Lipinski definition) is 1. The highest BCUT2D eigenvalue weighted by Crippen LogP contribution is 2.42. The second-order valence-electron chi connectivity index (χ2n) is 4.77. The molecule has 5 nitrogen and oxygen atoms in total. The van der Waals surface area contributed by atoms with Crippen LogP contribution in [0.3, 0.4) is 0 Å². The first-order valence-corrected chi connectivity index (χ1v) is 6.23. The predicted octanol–water partition coefficient (Wildman–Crippen LogP) is 1.53. The topological polar surface area (TPSA) is 93.8 Å². The van der Waals surface area contributed by atoms with Gasteiger partial charge in [-0.2, -0.15) is 10.5 Å². The van der Waals surface area contributed by atoms with Gasteiger partial charge in [0.1, 0.15) is 11.8 Å². The van der Waals surface area contributed by atoms with Crippen molar-refractivity contribution in [2.45, 2.75) is 12.3 Å². The largest absolute Gasteiger partial charge is 0.294 e. The van der Waals surface area contributed by atoms with E-state index in [1.54, 1.807) is 31.2 Å². The Bertz CT molecular complexity index is 622. The molecular weight excluding hydrogens is 278 g/mol. The number of carbonyl (C=O) groups excluding carboxylic acids is 2. The molecule has 1 aromatic carbocycles. The Morgan fingerprint density at radius 2 is 1.55 bits per heavy atom. The molecule has 0 radical (unpaired) electrons. The first-order valence-electron chi connectivity index (χ1n) is 5.85. The number of nitrogens with zero attached hydrogens (tertiary/aromatic N) is 2. The van der Waals surface area contributed by atoms with Crippen molar-refractivity contribution in [1.29, 1.82) is 10.5 Å². The van der Waals surface area contributed by atoms with Crippen molar-refractivity contribution in [3.63, 3.8) is 0 Å². The quantitative estimate of drug-likeness (QED) is 0.793. The zero-order valence-electron chi connectivity index (χ0n) is 10.6. The van der Waals surface area contributed by atoms with E-state index < -0.39 is 29.1 Å². The minimum atomic E-state index is -1.20. The Labute approximate surface area is 120 Å². The smallest absolute Gasteiger partial charge is 0.244 e. The molecule has 1 aliphatic rings. The van der Waals surface area contributed by atoms with Crippen LogP contribution in [-0.4, -0.2) is 11.8 Å². The fraction of sp³-hybridized carbons (Fsp3) is 0.286. The van der Waals surface area contributed by atoms with E-state index >= 15 is 0 Å². The van der Waals surface area contributed by atoms with Crippen LogP contribution in [-0.2, 0) is 15.0 Å². The molecule has 20 heavy (non-hydrogen) atoms. The van der Waals surface area contributed by atoms with Gasteiger partial charge in [0.25, 0.3) is 0 Å². The summed E-state index contributed by atoms with van der Waals surface area (Å²) in [5, 5.41) is 21.1. The summed E-state index contributed by atoms with van der Waals surface area (Å²) in [4.78, 5) is 23.7. The van der Waals surface area contributed by atoms with Crippen molar-refractivity contribution in [3.05, 3.63) is 34.9 Å². The fourth-order valence-corrected chi connectivity index (χ4v) is 2.63. The molecule has 2 rings (SSSR count). The van der Waals surface area contributed by atoms with Crippen LogP contribution in [0.5, 0.6) is 0 Å². The number of nitriles is 2. The maximum Gasteiger partial charge on any atom is 0.244 e. The molecule has 0 aliphatic carbocycles. The first-order chi connectivity index (χ1) is 9.44. The summed E-state index contributed by atoms with van der Waals surface area (Å²) >= 11 is 5.82. The van der Waals surface area contributed by atoms with E-state index in [9.17, 15) is 20.1 Å². The highest BCUT2D eigenvalue weighted by molar-refractivity contribution is 6.30. The van der Waals surface area contributed by atoms with E-state index in [0.29, 0.717) is 10.6 Å². The van der Waals surface area contributed by atoms with Gasteiger partial charge in [0, 0.05) is 10.4 Å². The zero-order chi connectivity index (χ0) is 14.9. The second-order valence-corrected chi connectivity index (χ2v) is 5.20. The van der Waals surface area contributed by atoms with Crippen molar-refractivity contribution in [1.82, 2.24) is 5.32 Å². The molecule has 1 aromatic rings. The minimum Gasteiger partial charge on any atom is -0.294 e. The van der Waals surface area contributed by atoms with Gasteiger partial charge in [0.2, 0.25) is 11.8 Å². The molecule has 0 spiro atoms. The molecule has 2 unspecified atom stereocenters. The lowest BCUT2D eigenvalue weighted by Gasteiger charge is -2.39. The lowest BCUT2D eigenvalue weighted by molar-refractivity contribution is -0.140. The normalized spacial score (nSPS) is 29.2. The molecule has 1 N–H and O–H groups in total. The van der Waals surface area contributed by atoms with Gasteiger partial charge in [-0.25, -0.2) is 0 Å². The van der Waals surface area contributed by atoms with Gasteiger partial charge >= 0.3 is 0 Å². The summed E-state index contributed by atoms with van der Waals surface area (Å²) in [6, 6.07) is 10.2. The van der Waals surface area contributed by atoms with E-state index in [1.165, 1.54) is 0 Å². The SMILES string of the molecule is CC1(c2ccc(Cl)cc2)C(C#N)C(=O)NC(=O)C1C#N. The zero-order valence-corrected chi connectivity index (χ0v) is 11.3. The number of nitrogens with one attached hydrogen (secondary N) is 1. The van der Waals surface area contributed by atoms with Crippen LogP contribution in [0.4, 0.5) is 0 Å². The minimum absolute atomic E-state index is 0.492. The van der Waals surface area contributed by atoms with Gasteiger partial charge in [-0.3, -0.25) is 14.9 Å². The van der Waals surface area contributed by atoms with Gasteiger partial charge in [0.05, 0.1) is 12.1 Å². The van der Waals surface area contributed by atoms with E-state index in [1.807, 2.05) is 12.1 Å². The number of imide groups is 1.